The van der Waals surface area contributed by atoms with E-state index in [1.165, 1.54) is 6.20 Å². The molecule has 1 heterocycles. The van der Waals surface area contributed by atoms with Gasteiger partial charge in [-0.2, -0.15) is 18.3 Å². The van der Waals surface area contributed by atoms with E-state index in [0.717, 1.165) is 24.1 Å². The van der Waals surface area contributed by atoms with Crippen molar-refractivity contribution in [3.8, 4) is 0 Å². The first-order valence-corrected chi connectivity index (χ1v) is 5.31. The zero-order valence-electron chi connectivity index (χ0n) is 9.63. The molecule has 0 aliphatic rings. The summed E-state index contributed by atoms with van der Waals surface area (Å²) < 4.78 is 37.5. The first-order chi connectivity index (χ1) is 7.53. The van der Waals surface area contributed by atoms with E-state index in [2.05, 4.69) is 17.3 Å². The first kappa shape index (κ1) is 16.2. The number of aromatic nitrogens is 2. The Morgan fingerprint density at radius 1 is 1.41 bits per heavy atom. The lowest BCUT2D eigenvalue weighted by Gasteiger charge is -2.10. The van der Waals surface area contributed by atoms with E-state index in [0.29, 0.717) is 12.2 Å². The summed E-state index contributed by atoms with van der Waals surface area (Å²) in [6, 6.07) is 1.60. The lowest BCUT2D eigenvalue weighted by Crippen LogP contribution is -2.23. The van der Waals surface area contributed by atoms with Crippen LogP contribution in [0.3, 0.4) is 0 Å². The maximum Gasteiger partial charge on any atom is 0.408 e. The number of alkyl halides is 3. The molecule has 1 N–H and O–H groups in total. The Morgan fingerprint density at radius 2 is 2.12 bits per heavy atom. The molecule has 17 heavy (non-hydrogen) atoms. The minimum Gasteiger partial charge on any atom is -0.311 e. The van der Waals surface area contributed by atoms with Crippen LogP contribution in [-0.2, 0) is 13.1 Å². The predicted octanol–water partition coefficient (Wildman–Crippen LogP) is 2.76. The molecule has 0 radical (unpaired) electrons. The van der Waals surface area contributed by atoms with Crippen molar-refractivity contribution in [2.75, 3.05) is 6.54 Å². The summed E-state index contributed by atoms with van der Waals surface area (Å²) in [5.41, 5.74) is 0.563. The number of rotatable bonds is 6. The van der Waals surface area contributed by atoms with Crippen LogP contribution in [0, 0.1) is 0 Å². The highest BCUT2D eigenvalue weighted by Gasteiger charge is 2.29. The van der Waals surface area contributed by atoms with E-state index in [-0.39, 0.29) is 12.4 Å². The zero-order valence-corrected chi connectivity index (χ0v) is 10.4. The molecule has 1 rings (SSSR count). The van der Waals surface area contributed by atoms with Gasteiger partial charge in [0.25, 0.3) is 0 Å². The van der Waals surface area contributed by atoms with Gasteiger partial charge in [0.1, 0.15) is 6.54 Å². The van der Waals surface area contributed by atoms with Crippen LogP contribution in [0.5, 0.6) is 0 Å². The number of hydrogen-bond acceptors (Lipinski definition) is 2. The fourth-order valence-electron chi connectivity index (χ4n) is 1.34. The average Bonchev–Trinajstić information content (AvgIpc) is 2.58. The molecule has 1 aromatic rings. The lowest BCUT2D eigenvalue weighted by molar-refractivity contribution is -0.143. The van der Waals surface area contributed by atoms with E-state index in [1.807, 2.05) is 0 Å². The summed E-state index contributed by atoms with van der Waals surface area (Å²) in [7, 11) is 0. The van der Waals surface area contributed by atoms with Crippen molar-refractivity contribution in [1.29, 1.82) is 0 Å². The molecular weight excluding hydrogens is 255 g/mol. The molecule has 0 atom stereocenters. The van der Waals surface area contributed by atoms with Gasteiger partial charge in [-0.05, 0) is 19.0 Å². The molecule has 0 aliphatic carbocycles. The van der Waals surface area contributed by atoms with Gasteiger partial charge in [0.2, 0.25) is 0 Å². The fraction of sp³-hybridized carbons (Fsp3) is 0.700. The molecule has 0 saturated heterocycles. The van der Waals surface area contributed by atoms with Crippen molar-refractivity contribution in [3.63, 3.8) is 0 Å². The van der Waals surface area contributed by atoms with E-state index < -0.39 is 12.7 Å². The smallest absolute Gasteiger partial charge is 0.311 e. The van der Waals surface area contributed by atoms with Crippen LogP contribution in [0.2, 0.25) is 0 Å². The molecule has 0 fully saturated rings. The minimum atomic E-state index is -4.22. The Balaban J connectivity index is 0.00000256. The first-order valence-electron chi connectivity index (χ1n) is 5.31. The van der Waals surface area contributed by atoms with Crippen molar-refractivity contribution in [2.24, 2.45) is 0 Å². The summed E-state index contributed by atoms with van der Waals surface area (Å²) in [6.45, 7) is 2.28. The Bertz CT molecular complexity index is 312. The van der Waals surface area contributed by atoms with Crippen molar-refractivity contribution < 1.29 is 13.2 Å². The molecule has 1 aromatic heterocycles. The van der Waals surface area contributed by atoms with Crippen molar-refractivity contribution in [3.05, 3.63) is 18.0 Å². The van der Waals surface area contributed by atoms with Gasteiger partial charge in [-0.3, -0.25) is 4.68 Å². The van der Waals surface area contributed by atoms with Crippen LogP contribution >= 0.6 is 12.4 Å². The summed E-state index contributed by atoms with van der Waals surface area (Å²) >= 11 is 0. The van der Waals surface area contributed by atoms with Crippen LogP contribution in [0.15, 0.2) is 12.3 Å². The lowest BCUT2D eigenvalue weighted by atomic mass is 10.3. The number of unbranched alkanes of at least 4 members (excludes halogenated alkanes) is 1. The molecule has 0 spiro atoms. The third-order valence-corrected chi connectivity index (χ3v) is 2.15. The van der Waals surface area contributed by atoms with Crippen molar-refractivity contribution >= 4 is 12.4 Å². The molecule has 0 amide bonds. The zero-order chi connectivity index (χ0) is 12.0. The second-order valence-electron chi connectivity index (χ2n) is 3.63. The number of halogens is 4. The molecular formula is C10H17ClF3N3. The SMILES string of the molecule is CCCCNCc1ccnn1CC(F)(F)F.Cl. The van der Waals surface area contributed by atoms with Gasteiger partial charge in [0.05, 0.1) is 5.69 Å². The molecule has 0 aliphatic heterocycles. The summed E-state index contributed by atoms with van der Waals surface area (Å²) in [6.07, 6.45) is -0.741. The third-order valence-electron chi connectivity index (χ3n) is 2.15. The van der Waals surface area contributed by atoms with Crippen LogP contribution in [0.4, 0.5) is 13.2 Å². The van der Waals surface area contributed by atoms with Crippen LogP contribution in [-0.4, -0.2) is 22.5 Å². The van der Waals surface area contributed by atoms with Gasteiger partial charge in [0, 0.05) is 12.7 Å². The van der Waals surface area contributed by atoms with Crippen LogP contribution < -0.4 is 5.32 Å². The number of nitrogens with zero attached hydrogens (tertiary/aromatic N) is 2. The van der Waals surface area contributed by atoms with Gasteiger partial charge in [-0.25, -0.2) is 0 Å². The number of nitrogens with one attached hydrogen (secondary N) is 1. The van der Waals surface area contributed by atoms with Crippen LogP contribution in [0.25, 0.3) is 0 Å². The quantitative estimate of drug-likeness (QED) is 0.807. The highest BCUT2D eigenvalue weighted by Crippen LogP contribution is 2.17. The molecule has 100 valence electrons. The van der Waals surface area contributed by atoms with E-state index in [1.54, 1.807) is 6.07 Å². The topological polar surface area (TPSA) is 29.9 Å². The summed E-state index contributed by atoms with van der Waals surface area (Å²) in [4.78, 5) is 0. The molecule has 0 saturated carbocycles. The summed E-state index contributed by atoms with van der Waals surface area (Å²) in [5.74, 6) is 0. The highest BCUT2D eigenvalue weighted by atomic mass is 35.5. The normalized spacial score (nSPS) is 11.3. The molecule has 0 unspecified atom stereocenters. The molecule has 0 aromatic carbocycles. The molecule has 7 heteroatoms. The van der Waals surface area contributed by atoms with E-state index in [4.69, 9.17) is 0 Å². The second kappa shape index (κ2) is 7.55. The van der Waals surface area contributed by atoms with Gasteiger partial charge < -0.3 is 5.32 Å². The maximum absolute atomic E-state index is 12.2. The van der Waals surface area contributed by atoms with Gasteiger partial charge in [0.15, 0.2) is 0 Å². The maximum atomic E-state index is 12.2. The van der Waals surface area contributed by atoms with E-state index >= 15 is 0 Å². The minimum absolute atomic E-state index is 0. The monoisotopic (exact) mass is 271 g/mol. The van der Waals surface area contributed by atoms with Gasteiger partial charge >= 0.3 is 6.18 Å². The number of hydrogen-bond donors (Lipinski definition) is 1. The standard InChI is InChI=1S/C10H16F3N3.ClH/c1-2-3-5-14-7-9-4-6-15-16(9)8-10(11,12)13;/h4,6,14H,2-3,5,7-8H2,1H3;1H. The Labute approximate surface area is 105 Å². The fourth-order valence-corrected chi connectivity index (χ4v) is 1.34. The van der Waals surface area contributed by atoms with Crippen molar-refractivity contribution in [2.45, 2.75) is 39.0 Å². The predicted molar refractivity (Wildman–Crippen MR) is 62.1 cm³/mol. The van der Waals surface area contributed by atoms with Gasteiger partial charge in [-0.15, -0.1) is 12.4 Å². The Hall–Kier alpha value is -0.750. The largest absolute Gasteiger partial charge is 0.408 e. The highest BCUT2D eigenvalue weighted by molar-refractivity contribution is 5.85. The van der Waals surface area contributed by atoms with E-state index in [9.17, 15) is 13.2 Å². The van der Waals surface area contributed by atoms with Crippen molar-refractivity contribution in [1.82, 2.24) is 15.1 Å². The summed E-state index contributed by atoms with van der Waals surface area (Å²) in [5, 5.41) is 6.74. The average molecular weight is 272 g/mol. The third kappa shape index (κ3) is 6.53. The molecule has 3 nitrogen and oxygen atoms in total. The second-order valence-corrected chi connectivity index (χ2v) is 3.63. The Morgan fingerprint density at radius 3 is 2.71 bits per heavy atom. The molecule has 0 bridgehead atoms. The Kier molecular flexibility index (Phi) is 7.22. The van der Waals surface area contributed by atoms with Crippen LogP contribution in [0.1, 0.15) is 25.5 Å². The van der Waals surface area contributed by atoms with Gasteiger partial charge in [-0.1, -0.05) is 13.3 Å².